The normalized spacial score (nSPS) is 13.6. The van der Waals surface area contributed by atoms with Crippen LogP contribution in [0.3, 0.4) is 0 Å². The molecule has 1 saturated heterocycles. The first kappa shape index (κ1) is 37.4. The van der Waals surface area contributed by atoms with Crippen molar-refractivity contribution in [2.45, 2.75) is 115 Å². The van der Waals surface area contributed by atoms with E-state index < -0.39 is 0 Å². The zero-order chi connectivity index (χ0) is 27.2. The zero-order valence-electron chi connectivity index (χ0n) is 25.7. The smallest absolute Gasteiger partial charge is 0.0649 e. The lowest BCUT2D eigenvalue weighted by molar-refractivity contribution is -0.0701. The van der Waals surface area contributed by atoms with Crippen LogP contribution in [0.15, 0.2) is 24.3 Å². The number of hydrogen-bond acceptors (Lipinski definition) is 4. The van der Waals surface area contributed by atoms with Crippen LogP contribution >= 0.6 is 0 Å². The van der Waals surface area contributed by atoms with Crippen LogP contribution in [-0.4, -0.2) is 62.0 Å². The Hall–Kier alpha value is -1.10. The highest BCUT2D eigenvalue weighted by molar-refractivity contribution is 5.47. The summed E-state index contributed by atoms with van der Waals surface area (Å²) in [6.45, 7) is 35.7. The molecule has 1 heterocycles. The summed E-state index contributed by atoms with van der Waals surface area (Å²) in [5.74, 6) is 0. The van der Waals surface area contributed by atoms with Crippen molar-refractivity contribution in [1.29, 1.82) is 0 Å². The van der Waals surface area contributed by atoms with Crippen molar-refractivity contribution in [2.75, 3.05) is 50.8 Å². The van der Waals surface area contributed by atoms with E-state index in [2.05, 4.69) is 75.6 Å². The second-order valence-corrected chi connectivity index (χ2v) is 8.98. The van der Waals surface area contributed by atoms with Crippen molar-refractivity contribution in [3.8, 4) is 0 Å². The van der Waals surface area contributed by atoms with Gasteiger partial charge in [-0.2, -0.15) is 0 Å². The Balaban J connectivity index is -0.00000108. The Labute approximate surface area is 215 Å². The summed E-state index contributed by atoms with van der Waals surface area (Å²) in [7, 11) is 0. The fourth-order valence-electron chi connectivity index (χ4n) is 3.11. The number of piperazine rings is 1. The maximum absolute atomic E-state index is 6.14. The molecule has 0 atom stereocenters. The highest BCUT2D eigenvalue weighted by Gasteiger charge is 2.22. The van der Waals surface area contributed by atoms with Gasteiger partial charge in [0.15, 0.2) is 0 Å². The topological polar surface area (TPSA) is 24.9 Å². The minimum absolute atomic E-state index is 0.0762. The van der Waals surface area contributed by atoms with Crippen LogP contribution in [0.25, 0.3) is 0 Å². The largest absolute Gasteiger partial charge is 0.376 e. The van der Waals surface area contributed by atoms with Gasteiger partial charge in [0, 0.05) is 45.0 Å². The molecule has 0 unspecified atom stereocenters. The lowest BCUT2D eigenvalue weighted by Gasteiger charge is -2.36. The Morgan fingerprint density at radius 1 is 0.676 bits per heavy atom. The van der Waals surface area contributed by atoms with Gasteiger partial charge >= 0.3 is 0 Å². The SMILES string of the molecule is CC.CC.CC.CC.Cc1ccc(N2CCN(CCOC(C)(C)CCOC(C)(C)C)CC2)cc1. The molecule has 0 saturated carbocycles. The van der Waals surface area contributed by atoms with Crippen LogP contribution in [0, 0.1) is 6.92 Å². The van der Waals surface area contributed by atoms with E-state index in [4.69, 9.17) is 9.47 Å². The molecule has 0 amide bonds. The van der Waals surface area contributed by atoms with Gasteiger partial charge in [0.05, 0.1) is 17.8 Å². The van der Waals surface area contributed by atoms with Gasteiger partial charge < -0.3 is 14.4 Å². The van der Waals surface area contributed by atoms with E-state index in [0.717, 1.165) is 52.4 Å². The number of nitrogens with zero attached hydrogens (tertiary/aromatic N) is 2. The van der Waals surface area contributed by atoms with E-state index >= 15 is 0 Å². The molecule has 0 N–H and O–H groups in total. The van der Waals surface area contributed by atoms with Gasteiger partial charge in [0.25, 0.3) is 0 Å². The van der Waals surface area contributed by atoms with Gasteiger partial charge in [-0.25, -0.2) is 0 Å². The molecular weight excluding hydrogens is 420 g/mol. The monoisotopic (exact) mass is 482 g/mol. The van der Waals surface area contributed by atoms with E-state index in [9.17, 15) is 0 Å². The highest BCUT2D eigenvalue weighted by Crippen LogP contribution is 2.19. The first-order valence-electron chi connectivity index (χ1n) is 14.0. The summed E-state index contributed by atoms with van der Waals surface area (Å²) in [4.78, 5) is 4.98. The van der Waals surface area contributed by atoms with Gasteiger partial charge in [-0.15, -0.1) is 0 Å². The number of aryl methyl sites for hydroxylation is 1. The summed E-state index contributed by atoms with van der Waals surface area (Å²) in [6, 6.07) is 8.86. The van der Waals surface area contributed by atoms with Crippen LogP contribution in [0.2, 0.25) is 0 Å². The molecular formula is C30H62N2O2. The molecule has 0 spiro atoms. The molecule has 0 aromatic heterocycles. The van der Waals surface area contributed by atoms with Gasteiger partial charge in [-0.3, -0.25) is 4.90 Å². The van der Waals surface area contributed by atoms with Crippen molar-refractivity contribution in [1.82, 2.24) is 4.90 Å². The van der Waals surface area contributed by atoms with E-state index in [1.165, 1.54) is 11.3 Å². The van der Waals surface area contributed by atoms with E-state index in [1.807, 2.05) is 55.4 Å². The van der Waals surface area contributed by atoms with Gasteiger partial charge in [0.2, 0.25) is 0 Å². The van der Waals surface area contributed by atoms with Crippen molar-refractivity contribution in [3.05, 3.63) is 29.8 Å². The number of hydrogen-bond donors (Lipinski definition) is 0. The van der Waals surface area contributed by atoms with E-state index in [-0.39, 0.29) is 11.2 Å². The van der Waals surface area contributed by atoms with Crippen LogP contribution in [0.1, 0.15) is 102 Å². The second kappa shape index (κ2) is 22.4. The van der Waals surface area contributed by atoms with Crippen LogP contribution in [0.5, 0.6) is 0 Å². The van der Waals surface area contributed by atoms with Crippen LogP contribution in [0.4, 0.5) is 5.69 Å². The molecule has 1 aromatic carbocycles. The summed E-state index contributed by atoms with van der Waals surface area (Å²) >= 11 is 0. The van der Waals surface area contributed by atoms with Crippen molar-refractivity contribution in [2.24, 2.45) is 0 Å². The summed E-state index contributed by atoms with van der Waals surface area (Å²) in [5, 5.41) is 0. The van der Waals surface area contributed by atoms with Crippen molar-refractivity contribution in [3.63, 3.8) is 0 Å². The Morgan fingerprint density at radius 2 is 1.15 bits per heavy atom. The third-order valence-corrected chi connectivity index (χ3v) is 4.91. The molecule has 0 aliphatic carbocycles. The van der Waals surface area contributed by atoms with Crippen LogP contribution < -0.4 is 4.90 Å². The van der Waals surface area contributed by atoms with Crippen molar-refractivity contribution < 1.29 is 9.47 Å². The van der Waals surface area contributed by atoms with Gasteiger partial charge in [-0.05, 0) is 60.1 Å². The molecule has 1 aliphatic rings. The second-order valence-electron chi connectivity index (χ2n) is 8.98. The molecule has 1 aromatic rings. The first-order chi connectivity index (χ1) is 16.1. The van der Waals surface area contributed by atoms with Crippen LogP contribution in [-0.2, 0) is 9.47 Å². The summed E-state index contributed by atoms with van der Waals surface area (Å²) in [5.41, 5.74) is 2.45. The lowest BCUT2D eigenvalue weighted by Crippen LogP contribution is -2.47. The predicted molar refractivity (Wildman–Crippen MR) is 156 cm³/mol. The van der Waals surface area contributed by atoms with E-state index in [1.54, 1.807) is 0 Å². The molecule has 4 heteroatoms. The summed E-state index contributed by atoms with van der Waals surface area (Å²) < 4.78 is 12.0. The Morgan fingerprint density at radius 3 is 1.59 bits per heavy atom. The molecule has 0 radical (unpaired) electrons. The minimum atomic E-state index is -0.130. The third kappa shape index (κ3) is 19.2. The van der Waals surface area contributed by atoms with Gasteiger partial charge in [0.1, 0.15) is 0 Å². The minimum Gasteiger partial charge on any atom is -0.376 e. The number of rotatable bonds is 8. The van der Waals surface area contributed by atoms with E-state index in [0.29, 0.717) is 0 Å². The first-order valence-corrected chi connectivity index (χ1v) is 14.0. The number of ether oxygens (including phenoxy) is 2. The fraction of sp³-hybridized carbons (Fsp3) is 0.800. The average Bonchev–Trinajstić information content (AvgIpc) is 2.84. The molecule has 4 nitrogen and oxygen atoms in total. The zero-order valence-corrected chi connectivity index (χ0v) is 25.7. The average molecular weight is 483 g/mol. The third-order valence-electron chi connectivity index (χ3n) is 4.91. The molecule has 0 bridgehead atoms. The Bertz CT molecular complexity index is 528. The molecule has 204 valence electrons. The maximum atomic E-state index is 6.14. The number of benzene rings is 1. The highest BCUT2D eigenvalue weighted by atomic mass is 16.5. The molecule has 1 aliphatic heterocycles. The maximum Gasteiger partial charge on any atom is 0.0649 e. The Kier molecular flexibility index (Phi) is 24.6. The quantitative estimate of drug-likeness (QED) is 0.372. The number of anilines is 1. The summed E-state index contributed by atoms with van der Waals surface area (Å²) in [6.07, 6.45) is 0.922. The molecule has 2 rings (SSSR count). The van der Waals surface area contributed by atoms with Crippen molar-refractivity contribution >= 4 is 5.69 Å². The molecule has 34 heavy (non-hydrogen) atoms. The standard InChI is InChI=1S/C22H38N2O2.4C2H6/c1-19-7-9-20(10-8-19)24-14-12-23(13-15-24)16-18-26-22(5,6)11-17-25-21(2,3)4;4*1-2/h7-10H,11-18H2,1-6H3;4*1-2H3. The predicted octanol–water partition coefficient (Wildman–Crippen LogP) is 8.22. The fourth-order valence-corrected chi connectivity index (χ4v) is 3.11. The lowest BCUT2D eigenvalue weighted by atomic mass is 10.1. The molecule has 1 fully saturated rings. The van der Waals surface area contributed by atoms with Gasteiger partial charge in [-0.1, -0.05) is 73.1 Å².